The van der Waals surface area contributed by atoms with E-state index in [-0.39, 0.29) is 5.97 Å². The van der Waals surface area contributed by atoms with E-state index in [4.69, 9.17) is 4.74 Å². The zero-order valence-electron chi connectivity index (χ0n) is 19.9. The molecule has 3 heteroatoms. The number of pyridine rings is 1. The maximum atomic E-state index is 11.7. The highest BCUT2D eigenvalue weighted by Crippen LogP contribution is 2.15. The molecule has 3 nitrogen and oxygen atoms in total. The molecule has 0 fully saturated rings. The molecule has 0 radical (unpaired) electrons. The number of aromatic nitrogens is 1. The number of hydrogen-bond acceptors (Lipinski definition) is 3. The van der Waals surface area contributed by atoms with Crippen molar-refractivity contribution in [3.05, 3.63) is 30.1 Å². The van der Waals surface area contributed by atoms with E-state index in [0.717, 1.165) is 24.3 Å². The van der Waals surface area contributed by atoms with Gasteiger partial charge in [-0.1, -0.05) is 116 Å². The Labute approximate surface area is 186 Å². The summed E-state index contributed by atoms with van der Waals surface area (Å²) in [4.78, 5) is 15.8. The molecule has 0 amide bonds. The standard InChI is InChI=1S/C27H47NO2/c1-25(2)19-16-14-12-10-8-6-4-3-5-7-9-11-13-15-17-21-27(29)30-24-26-20-18-22-28-23-26/h18,20,22-23,25H,3-17,19,21,24H2,1-2H3. The molecule has 0 N–H and O–H groups in total. The van der Waals surface area contributed by atoms with Crippen molar-refractivity contribution >= 4 is 5.97 Å². The number of hydrogen-bond donors (Lipinski definition) is 0. The third kappa shape index (κ3) is 17.5. The van der Waals surface area contributed by atoms with Crippen LogP contribution in [-0.2, 0) is 16.1 Å². The molecule has 0 aliphatic carbocycles. The van der Waals surface area contributed by atoms with Gasteiger partial charge in [0.25, 0.3) is 0 Å². The minimum absolute atomic E-state index is 0.0885. The molecule has 0 aliphatic rings. The van der Waals surface area contributed by atoms with Crippen molar-refractivity contribution in [1.82, 2.24) is 4.98 Å². The zero-order valence-corrected chi connectivity index (χ0v) is 19.9. The second kappa shape index (κ2) is 19.6. The number of carbonyl (C=O) groups excluding carboxylic acids is 1. The maximum Gasteiger partial charge on any atom is 0.306 e. The van der Waals surface area contributed by atoms with Crippen molar-refractivity contribution in [2.45, 2.75) is 130 Å². The Hall–Kier alpha value is -1.38. The summed E-state index contributed by atoms with van der Waals surface area (Å²) in [5.74, 6) is 0.784. The van der Waals surface area contributed by atoms with E-state index in [1.807, 2.05) is 12.1 Å². The normalized spacial score (nSPS) is 11.2. The molecule has 0 aliphatic heterocycles. The van der Waals surface area contributed by atoms with E-state index < -0.39 is 0 Å². The van der Waals surface area contributed by atoms with Gasteiger partial charge in [-0.2, -0.15) is 0 Å². The first-order valence-corrected chi connectivity index (χ1v) is 12.7. The van der Waals surface area contributed by atoms with Crippen LogP contribution in [0.5, 0.6) is 0 Å². The van der Waals surface area contributed by atoms with E-state index in [2.05, 4.69) is 18.8 Å². The molecule has 1 heterocycles. The van der Waals surface area contributed by atoms with Crippen molar-refractivity contribution < 1.29 is 9.53 Å². The van der Waals surface area contributed by atoms with Gasteiger partial charge in [-0.05, 0) is 18.4 Å². The van der Waals surface area contributed by atoms with Crippen LogP contribution >= 0.6 is 0 Å². The van der Waals surface area contributed by atoms with Crippen molar-refractivity contribution in [3.63, 3.8) is 0 Å². The molecular weight excluding hydrogens is 370 g/mol. The predicted molar refractivity (Wildman–Crippen MR) is 127 cm³/mol. The van der Waals surface area contributed by atoms with Gasteiger partial charge in [0.05, 0.1) is 0 Å². The van der Waals surface area contributed by atoms with Crippen LogP contribution in [0.4, 0.5) is 0 Å². The highest BCUT2D eigenvalue weighted by molar-refractivity contribution is 5.69. The molecular formula is C27H47NO2. The number of esters is 1. The summed E-state index contributed by atoms with van der Waals surface area (Å²) in [6.07, 6.45) is 25.6. The lowest BCUT2D eigenvalue weighted by atomic mass is 10.0. The van der Waals surface area contributed by atoms with Gasteiger partial charge in [-0.25, -0.2) is 0 Å². The summed E-state index contributed by atoms with van der Waals surface area (Å²) in [5, 5.41) is 0. The van der Waals surface area contributed by atoms with E-state index in [9.17, 15) is 4.79 Å². The molecule has 0 bridgehead atoms. The van der Waals surface area contributed by atoms with Crippen LogP contribution in [0, 0.1) is 5.92 Å². The summed E-state index contributed by atoms with van der Waals surface area (Å²) in [7, 11) is 0. The number of rotatable bonds is 20. The van der Waals surface area contributed by atoms with E-state index in [0.29, 0.717) is 13.0 Å². The molecule has 0 spiro atoms. The van der Waals surface area contributed by atoms with Crippen molar-refractivity contribution in [1.29, 1.82) is 0 Å². The monoisotopic (exact) mass is 417 g/mol. The van der Waals surface area contributed by atoms with Gasteiger partial charge in [0, 0.05) is 24.4 Å². The van der Waals surface area contributed by atoms with Gasteiger partial charge >= 0.3 is 5.97 Å². The van der Waals surface area contributed by atoms with Gasteiger partial charge < -0.3 is 4.74 Å². The van der Waals surface area contributed by atoms with Crippen LogP contribution in [0.3, 0.4) is 0 Å². The second-order valence-electron chi connectivity index (χ2n) is 9.26. The van der Waals surface area contributed by atoms with Gasteiger partial charge in [0.2, 0.25) is 0 Å². The average molecular weight is 418 g/mol. The van der Waals surface area contributed by atoms with Gasteiger partial charge in [-0.15, -0.1) is 0 Å². The Bertz CT molecular complexity index is 501. The molecule has 0 saturated carbocycles. The lowest BCUT2D eigenvalue weighted by molar-refractivity contribution is -0.145. The van der Waals surface area contributed by atoms with Crippen LogP contribution in [-0.4, -0.2) is 11.0 Å². The average Bonchev–Trinajstić information content (AvgIpc) is 2.75. The fraction of sp³-hybridized carbons (Fsp3) is 0.778. The van der Waals surface area contributed by atoms with E-state index in [1.165, 1.54) is 89.9 Å². The van der Waals surface area contributed by atoms with Crippen LogP contribution in [0.15, 0.2) is 24.5 Å². The molecule has 0 atom stereocenters. The SMILES string of the molecule is CC(C)CCCCCCCCCCCCCCCCCC(=O)OCc1cccnc1. The van der Waals surface area contributed by atoms with Crippen LogP contribution in [0.2, 0.25) is 0 Å². The number of unbranched alkanes of at least 4 members (excludes halogenated alkanes) is 14. The van der Waals surface area contributed by atoms with Crippen LogP contribution < -0.4 is 0 Å². The Balaban J connectivity index is 1.74. The third-order valence-electron chi connectivity index (χ3n) is 5.78. The highest BCUT2D eigenvalue weighted by atomic mass is 16.5. The predicted octanol–water partition coefficient (Wildman–Crippen LogP) is 8.41. The molecule has 30 heavy (non-hydrogen) atoms. The summed E-state index contributed by atoms with van der Waals surface area (Å²) in [6, 6.07) is 3.79. The Morgan fingerprint density at radius 1 is 0.800 bits per heavy atom. The van der Waals surface area contributed by atoms with E-state index in [1.54, 1.807) is 12.4 Å². The smallest absolute Gasteiger partial charge is 0.306 e. The number of nitrogens with zero attached hydrogens (tertiary/aromatic N) is 1. The lowest BCUT2D eigenvalue weighted by Crippen LogP contribution is -2.04. The largest absolute Gasteiger partial charge is 0.461 e. The fourth-order valence-corrected chi connectivity index (χ4v) is 3.84. The molecule has 0 unspecified atom stereocenters. The zero-order chi connectivity index (χ0) is 21.7. The van der Waals surface area contributed by atoms with Crippen molar-refractivity contribution in [3.8, 4) is 0 Å². The summed E-state index contributed by atoms with van der Waals surface area (Å²) >= 11 is 0. The molecule has 0 aromatic carbocycles. The van der Waals surface area contributed by atoms with Crippen LogP contribution in [0.1, 0.15) is 129 Å². The summed E-state index contributed by atoms with van der Waals surface area (Å²) in [6.45, 7) is 4.99. The quantitative estimate of drug-likeness (QED) is 0.158. The van der Waals surface area contributed by atoms with Crippen molar-refractivity contribution in [2.24, 2.45) is 5.92 Å². The van der Waals surface area contributed by atoms with E-state index >= 15 is 0 Å². The summed E-state index contributed by atoms with van der Waals surface area (Å²) in [5.41, 5.74) is 0.947. The second-order valence-corrected chi connectivity index (χ2v) is 9.26. The Kier molecular flexibility index (Phi) is 17.4. The first-order valence-electron chi connectivity index (χ1n) is 12.7. The summed E-state index contributed by atoms with van der Waals surface area (Å²) < 4.78 is 5.28. The molecule has 172 valence electrons. The number of ether oxygens (including phenoxy) is 1. The maximum absolute atomic E-state index is 11.7. The minimum atomic E-state index is -0.0885. The molecule has 1 aromatic heterocycles. The molecule has 1 rings (SSSR count). The third-order valence-corrected chi connectivity index (χ3v) is 5.78. The van der Waals surface area contributed by atoms with Gasteiger partial charge in [-0.3, -0.25) is 9.78 Å². The first kappa shape index (κ1) is 26.7. The minimum Gasteiger partial charge on any atom is -0.461 e. The number of carbonyl (C=O) groups is 1. The van der Waals surface area contributed by atoms with Crippen LogP contribution in [0.25, 0.3) is 0 Å². The Morgan fingerprint density at radius 3 is 1.77 bits per heavy atom. The van der Waals surface area contributed by atoms with Gasteiger partial charge in [0.15, 0.2) is 0 Å². The highest BCUT2D eigenvalue weighted by Gasteiger charge is 2.03. The molecule has 1 aromatic rings. The topological polar surface area (TPSA) is 39.2 Å². The van der Waals surface area contributed by atoms with Gasteiger partial charge in [0.1, 0.15) is 6.61 Å². The molecule has 0 saturated heterocycles. The lowest BCUT2D eigenvalue weighted by Gasteiger charge is -2.05. The first-order chi connectivity index (χ1) is 14.7. The fourth-order valence-electron chi connectivity index (χ4n) is 3.84. The Morgan fingerprint density at radius 2 is 1.30 bits per heavy atom. The van der Waals surface area contributed by atoms with Crippen molar-refractivity contribution in [2.75, 3.05) is 0 Å².